The number of carbonyl (C=O) groups excluding carboxylic acids is 3. The van der Waals surface area contributed by atoms with Crippen molar-refractivity contribution in [2.75, 3.05) is 39.3 Å². The van der Waals surface area contributed by atoms with Crippen LogP contribution in [0.25, 0.3) is 0 Å². The summed E-state index contributed by atoms with van der Waals surface area (Å²) in [6.07, 6.45) is 2.01. The topological polar surface area (TPSA) is 73.8 Å². The van der Waals surface area contributed by atoms with E-state index in [1.54, 1.807) is 28.0 Å². The van der Waals surface area contributed by atoms with Crippen molar-refractivity contribution in [3.63, 3.8) is 0 Å². The molecule has 0 radical (unpaired) electrons. The van der Waals surface area contributed by atoms with Crippen LogP contribution in [-0.4, -0.2) is 76.7 Å². The highest BCUT2D eigenvalue weighted by Crippen LogP contribution is 2.18. The Hall–Kier alpha value is -2.44. The van der Waals surface area contributed by atoms with Crippen LogP contribution in [0.3, 0.4) is 0 Å². The Morgan fingerprint density at radius 1 is 0.846 bits per heavy atom. The molecule has 3 heterocycles. The zero-order valence-corrected chi connectivity index (χ0v) is 15.5. The Balaban J connectivity index is 1.66. The Kier molecular flexibility index (Phi) is 5.54. The molecule has 2 fully saturated rings. The molecule has 0 bridgehead atoms. The molecule has 140 valence electrons. The Labute approximate surface area is 154 Å². The summed E-state index contributed by atoms with van der Waals surface area (Å²) in [5.74, 6) is 0.385. The maximum absolute atomic E-state index is 12.7. The van der Waals surface area contributed by atoms with Crippen LogP contribution < -0.4 is 0 Å². The van der Waals surface area contributed by atoms with E-state index in [0.29, 0.717) is 37.8 Å². The van der Waals surface area contributed by atoms with Crippen LogP contribution in [0.15, 0.2) is 18.2 Å². The number of carbonyl (C=O) groups is 3. The van der Waals surface area contributed by atoms with E-state index in [2.05, 4.69) is 11.9 Å². The third-order valence-electron chi connectivity index (χ3n) is 5.27. The first-order chi connectivity index (χ1) is 12.5. The highest BCUT2D eigenvalue weighted by Gasteiger charge is 2.26. The summed E-state index contributed by atoms with van der Waals surface area (Å²) in [5, 5.41) is 0. The molecule has 0 atom stereocenters. The number of pyridine rings is 1. The Morgan fingerprint density at radius 3 is 1.81 bits per heavy atom. The zero-order chi connectivity index (χ0) is 18.7. The van der Waals surface area contributed by atoms with E-state index in [4.69, 9.17) is 0 Å². The van der Waals surface area contributed by atoms with Gasteiger partial charge in [-0.15, -0.1) is 0 Å². The predicted octanol–water partition coefficient (Wildman–Crippen LogP) is 1.26. The first kappa shape index (κ1) is 18.4. The number of piperidine rings is 1. The first-order valence-corrected chi connectivity index (χ1v) is 9.27. The molecule has 0 unspecified atom stereocenters. The van der Waals surface area contributed by atoms with Crippen LogP contribution in [0, 0.1) is 5.92 Å². The molecule has 0 N–H and O–H groups in total. The number of hydrogen-bond donors (Lipinski definition) is 0. The van der Waals surface area contributed by atoms with Gasteiger partial charge in [0.2, 0.25) is 5.91 Å². The van der Waals surface area contributed by atoms with Crippen molar-refractivity contribution in [3.8, 4) is 0 Å². The summed E-state index contributed by atoms with van der Waals surface area (Å²) in [6, 6.07) is 5.03. The van der Waals surface area contributed by atoms with Crippen molar-refractivity contribution in [2.45, 2.75) is 26.7 Å². The Morgan fingerprint density at radius 2 is 1.31 bits per heavy atom. The number of piperazine rings is 1. The summed E-state index contributed by atoms with van der Waals surface area (Å²) in [4.78, 5) is 46.4. The van der Waals surface area contributed by atoms with E-state index in [9.17, 15) is 14.4 Å². The van der Waals surface area contributed by atoms with Crippen molar-refractivity contribution in [1.82, 2.24) is 19.7 Å². The molecule has 0 aliphatic carbocycles. The second kappa shape index (κ2) is 7.85. The summed E-state index contributed by atoms with van der Waals surface area (Å²) in [6.45, 7) is 7.27. The second-order valence-corrected chi connectivity index (χ2v) is 7.18. The number of likely N-dealkylation sites (tertiary alicyclic amines) is 1. The molecule has 7 heteroatoms. The number of nitrogens with zero attached hydrogens (tertiary/aromatic N) is 4. The fourth-order valence-electron chi connectivity index (χ4n) is 3.43. The van der Waals surface area contributed by atoms with E-state index in [1.807, 2.05) is 4.90 Å². The van der Waals surface area contributed by atoms with Gasteiger partial charge in [-0.2, -0.15) is 0 Å². The Bertz CT molecular complexity index is 690. The molecule has 26 heavy (non-hydrogen) atoms. The van der Waals surface area contributed by atoms with Crippen LogP contribution in [0.5, 0.6) is 0 Å². The van der Waals surface area contributed by atoms with Gasteiger partial charge in [0.25, 0.3) is 11.8 Å². The fourth-order valence-corrected chi connectivity index (χ4v) is 3.43. The maximum atomic E-state index is 12.7. The molecule has 3 rings (SSSR count). The predicted molar refractivity (Wildman–Crippen MR) is 96.7 cm³/mol. The quantitative estimate of drug-likeness (QED) is 0.798. The molecule has 0 spiro atoms. The standard InChI is InChI=1S/C19H26N4O3/c1-14-6-8-22(9-7-14)18(25)16-4-3-5-17(20-16)19(26)23-12-10-21(11-13-23)15(2)24/h3-5,14H,6-13H2,1-2H3. The lowest BCUT2D eigenvalue weighted by molar-refractivity contribution is -0.130. The highest BCUT2D eigenvalue weighted by molar-refractivity contribution is 5.96. The molecule has 0 aromatic carbocycles. The van der Waals surface area contributed by atoms with E-state index in [0.717, 1.165) is 25.9 Å². The van der Waals surface area contributed by atoms with Crippen LogP contribution in [0.1, 0.15) is 47.7 Å². The van der Waals surface area contributed by atoms with E-state index in [-0.39, 0.29) is 23.4 Å². The number of amides is 3. The summed E-state index contributed by atoms with van der Waals surface area (Å²) in [7, 11) is 0. The van der Waals surface area contributed by atoms with Crippen molar-refractivity contribution in [2.24, 2.45) is 5.92 Å². The molecule has 7 nitrogen and oxygen atoms in total. The van der Waals surface area contributed by atoms with Gasteiger partial charge in [0.1, 0.15) is 11.4 Å². The molecule has 2 aliphatic heterocycles. The smallest absolute Gasteiger partial charge is 0.272 e. The SMILES string of the molecule is CC(=O)N1CCN(C(=O)c2cccc(C(=O)N3CCC(C)CC3)n2)CC1. The zero-order valence-electron chi connectivity index (χ0n) is 15.5. The average Bonchev–Trinajstić information content (AvgIpc) is 2.67. The lowest BCUT2D eigenvalue weighted by Crippen LogP contribution is -2.50. The van der Waals surface area contributed by atoms with Crippen LogP contribution in [-0.2, 0) is 4.79 Å². The normalized spacial score (nSPS) is 18.8. The lowest BCUT2D eigenvalue weighted by atomic mass is 9.99. The summed E-state index contributed by atoms with van der Waals surface area (Å²) >= 11 is 0. The second-order valence-electron chi connectivity index (χ2n) is 7.18. The lowest BCUT2D eigenvalue weighted by Gasteiger charge is -2.34. The van der Waals surface area contributed by atoms with Gasteiger partial charge in [-0.25, -0.2) is 4.98 Å². The molecule has 1 aromatic heterocycles. The number of rotatable bonds is 2. The molecule has 0 saturated carbocycles. The largest absolute Gasteiger partial charge is 0.339 e. The third kappa shape index (κ3) is 4.03. The minimum Gasteiger partial charge on any atom is -0.339 e. The minimum atomic E-state index is -0.185. The van der Waals surface area contributed by atoms with Gasteiger partial charge in [0, 0.05) is 46.2 Å². The number of aromatic nitrogens is 1. The fraction of sp³-hybridized carbons (Fsp3) is 0.579. The molecule has 3 amide bonds. The van der Waals surface area contributed by atoms with Gasteiger partial charge in [-0.3, -0.25) is 14.4 Å². The van der Waals surface area contributed by atoms with Crippen molar-refractivity contribution in [1.29, 1.82) is 0 Å². The maximum Gasteiger partial charge on any atom is 0.272 e. The average molecular weight is 358 g/mol. The molecular formula is C19H26N4O3. The van der Waals surface area contributed by atoms with Crippen LogP contribution in [0.2, 0.25) is 0 Å². The monoisotopic (exact) mass is 358 g/mol. The number of hydrogen-bond acceptors (Lipinski definition) is 4. The van der Waals surface area contributed by atoms with Gasteiger partial charge < -0.3 is 14.7 Å². The van der Waals surface area contributed by atoms with E-state index in [1.165, 1.54) is 6.92 Å². The van der Waals surface area contributed by atoms with Crippen molar-refractivity contribution in [3.05, 3.63) is 29.6 Å². The highest BCUT2D eigenvalue weighted by atomic mass is 16.2. The van der Waals surface area contributed by atoms with Crippen LogP contribution in [0.4, 0.5) is 0 Å². The first-order valence-electron chi connectivity index (χ1n) is 9.27. The summed E-state index contributed by atoms with van der Waals surface area (Å²) < 4.78 is 0. The molecule has 1 aromatic rings. The molecule has 2 saturated heterocycles. The van der Waals surface area contributed by atoms with E-state index < -0.39 is 0 Å². The van der Waals surface area contributed by atoms with Gasteiger partial charge in [0.05, 0.1) is 0 Å². The van der Waals surface area contributed by atoms with Crippen molar-refractivity contribution < 1.29 is 14.4 Å². The van der Waals surface area contributed by atoms with Crippen LogP contribution >= 0.6 is 0 Å². The van der Waals surface area contributed by atoms with Gasteiger partial charge >= 0.3 is 0 Å². The van der Waals surface area contributed by atoms with Gasteiger partial charge in [-0.05, 0) is 30.9 Å². The van der Waals surface area contributed by atoms with E-state index >= 15 is 0 Å². The molecule has 2 aliphatic rings. The van der Waals surface area contributed by atoms with Crippen molar-refractivity contribution >= 4 is 17.7 Å². The van der Waals surface area contributed by atoms with Gasteiger partial charge in [-0.1, -0.05) is 13.0 Å². The summed E-state index contributed by atoms with van der Waals surface area (Å²) in [5.41, 5.74) is 0.616. The van der Waals surface area contributed by atoms with Gasteiger partial charge in [0.15, 0.2) is 0 Å². The molecular weight excluding hydrogens is 332 g/mol. The minimum absolute atomic E-state index is 0.0265. The third-order valence-corrected chi connectivity index (χ3v) is 5.27.